The van der Waals surface area contributed by atoms with E-state index in [1.165, 1.54) is 54.0 Å². The van der Waals surface area contributed by atoms with Gasteiger partial charge in [-0.15, -0.1) is 10.2 Å². The van der Waals surface area contributed by atoms with Crippen LogP contribution in [0.2, 0.25) is 0 Å². The summed E-state index contributed by atoms with van der Waals surface area (Å²) in [6, 6.07) is 71.6. The first-order valence-electron chi connectivity index (χ1n) is 41.9. The lowest BCUT2D eigenvalue weighted by Crippen LogP contribution is -1.86. The van der Waals surface area contributed by atoms with E-state index in [9.17, 15) is 0 Å². The van der Waals surface area contributed by atoms with E-state index in [0.717, 1.165) is 83.4 Å². The molecule has 0 bridgehead atoms. The van der Waals surface area contributed by atoms with Crippen LogP contribution in [0.25, 0.3) is 105 Å². The Morgan fingerprint density at radius 3 is 1.55 bits per heavy atom. The van der Waals surface area contributed by atoms with Gasteiger partial charge in [0.05, 0.1) is 101 Å². The zero-order valence-corrected chi connectivity index (χ0v) is 71.8. The monoisotopic (exact) mass is 1770 g/mol. The summed E-state index contributed by atoms with van der Waals surface area (Å²) in [5, 5.41) is 29.7. The number of nitrogens with zero attached hydrogens (tertiary/aromatic N) is 31. The molecular weight excluding hydrogens is 1680 g/mol. The summed E-state index contributed by atoms with van der Waals surface area (Å²) >= 11 is 0. The zero-order chi connectivity index (χ0) is 90.9. The van der Waals surface area contributed by atoms with Crippen molar-refractivity contribution in [1.82, 2.24) is 175 Å². The predicted molar refractivity (Wildman–Crippen MR) is 515 cm³/mol. The van der Waals surface area contributed by atoms with Gasteiger partial charge < -0.3 is 42.1 Å². The van der Waals surface area contributed by atoms with Crippen molar-refractivity contribution in [3.8, 4) is 0 Å². The minimum absolute atomic E-state index is 0.713. The van der Waals surface area contributed by atoms with Crippen LogP contribution in [0.4, 0.5) is 0 Å². The maximum atomic E-state index is 4.08. The van der Waals surface area contributed by atoms with Gasteiger partial charge in [0.25, 0.3) is 0 Å². The number of hydrogen-bond donors (Lipinski definition) is 5. The first-order chi connectivity index (χ1) is 66.5. The van der Waals surface area contributed by atoms with Crippen LogP contribution < -0.4 is 0 Å². The largest absolute Gasteiger partial charge is 0.366 e. The molecule has 134 heavy (non-hydrogen) atoms. The van der Waals surface area contributed by atoms with Crippen molar-refractivity contribution in [3.63, 3.8) is 0 Å². The van der Waals surface area contributed by atoms with Gasteiger partial charge in [-0.3, -0.25) is 28.9 Å². The fourth-order valence-electron chi connectivity index (χ4n) is 12.9. The molecule has 1 aliphatic rings. The standard InChI is InChI=1S/2C8H7N.4C7H6N2.C7H9N.7C6H5N3.C5H4N4/c1-2-6-9-7-3-5-8(9)4-1;1-2-4-8-6-9-5-7(8)3-1;1-3-7-4-2-6-9(7)8-5-1;1-2-6-9-7(3-1)4-5-8-9;1-2-5-9-6-4-8-7(9)3-1;1-2-4-9-6-8-5-7(9)3-1;1-3-7-4-2-6-8(7)5-1;1-3-9-4-2-8-6(9)5-7-1;2*1-2-7-3-6-5(1)8-4-9-6;1-2-7-5-9-4-3-8-6(1)9;1-2-5-4-8-9-6(5)7-3-1;1-2-4-9-5-7-8-6(9)3-1;1-2-4-9-6(3-1)7-5-8-9;1-4-5(8-2-6-1)9-3-7-4/h1-7H;1-6,9H;4*1-6H;1,3,5H,2,4,6H2;1-5H;2*1-4H,(H,8,9);1-5H;1-4H,(H,7,8,9);2*1-5H;1-3H,(H,6,7,8,9). The van der Waals surface area contributed by atoms with Crippen LogP contribution >= 0.6 is 0 Å². The molecule has 0 saturated carbocycles. The molecule has 0 amide bonds. The Morgan fingerprint density at radius 2 is 0.836 bits per heavy atom. The molecule has 30 rings (SSSR count). The fourth-order valence-corrected chi connectivity index (χ4v) is 12.9. The molecule has 0 unspecified atom stereocenters. The van der Waals surface area contributed by atoms with Crippen LogP contribution in [-0.4, -0.2) is 175 Å². The van der Waals surface area contributed by atoms with Gasteiger partial charge >= 0.3 is 0 Å². The van der Waals surface area contributed by atoms with Crippen LogP contribution in [0.1, 0.15) is 12.1 Å². The average molecular weight is 1770 g/mol. The summed E-state index contributed by atoms with van der Waals surface area (Å²) in [4.78, 5) is 71.2. The number of aromatic amines is 5. The van der Waals surface area contributed by atoms with Crippen molar-refractivity contribution >= 4 is 105 Å². The normalized spacial score (nSPS) is 10.6. The van der Waals surface area contributed by atoms with Crippen molar-refractivity contribution in [2.45, 2.75) is 19.4 Å². The van der Waals surface area contributed by atoms with Crippen molar-refractivity contribution in [2.75, 3.05) is 0 Å². The molecule has 29 heterocycles. The van der Waals surface area contributed by atoms with Gasteiger partial charge in [0.15, 0.2) is 28.2 Å². The van der Waals surface area contributed by atoms with Crippen LogP contribution in [0.15, 0.2) is 461 Å². The zero-order valence-electron chi connectivity index (χ0n) is 71.8. The van der Waals surface area contributed by atoms with E-state index in [1.54, 1.807) is 135 Å². The maximum Gasteiger partial charge on any atom is 0.180 e. The molecule has 0 spiro atoms. The van der Waals surface area contributed by atoms with Crippen LogP contribution in [0.5, 0.6) is 0 Å². The smallest absolute Gasteiger partial charge is 0.180 e. The number of rotatable bonds is 0. The Hall–Kier alpha value is -19.5. The van der Waals surface area contributed by atoms with E-state index in [-0.39, 0.29) is 0 Å². The summed E-state index contributed by atoms with van der Waals surface area (Å²) in [7, 11) is 0. The van der Waals surface area contributed by atoms with Crippen molar-refractivity contribution in [2.24, 2.45) is 0 Å². The Bertz CT molecular complexity index is 6130. The molecule has 5 N–H and O–H groups in total. The number of aromatic nitrogens is 36. The third-order valence-electron chi connectivity index (χ3n) is 19.4. The number of benzene rings is 1. The molecule has 0 radical (unpaired) electrons. The van der Waals surface area contributed by atoms with Crippen molar-refractivity contribution < 1.29 is 0 Å². The lowest BCUT2D eigenvalue weighted by atomic mass is 10.2. The highest BCUT2D eigenvalue weighted by atomic mass is 15.3. The highest BCUT2D eigenvalue weighted by Gasteiger charge is 2.07. The SMILES string of the molecule is c1cc2n(c1)CCC2.c1cc2nc[nH]c2cn1.c1cc2nc[nH]c2cn1.c1cc2nccn2cn1.c1ccc2c[nH]cc2c1.c1ccn2cccc2c1.c1ccn2ccnc2c1.c1ccn2cncc2c1.c1ccn2cnnc2c1.c1ccn2nccc2c1.c1ccn2ncnc2c1.c1cn2ccnc2cn1.c1cnc2[nH]ncc2c1.c1cnn2cccc2c1.c1ncc2[nH]cnc2n1. The molecular formula is C98H86N36. The molecule has 658 valence electrons. The summed E-state index contributed by atoms with van der Waals surface area (Å²) < 4.78 is 19.4. The van der Waals surface area contributed by atoms with E-state index < -0.39 is 0 Å². The first-order valence-corrected chi connectivity index (χ1v) is 41.9. The van der Waals surface area contributed by atoms with Gasteiger partial charge in [-0.25, -0.2) is 73.4 Å². The summed E-state index contributed by atoms with van der Waals surface area (Å²) in [5.41, 5.74) is 17.1. The maximum absolute atomic E-state index is 4.08. The molecule has 28 aromatic heterocycles. The number of H-pyrrole nitrogens is 5. The number of hydrogen-bond acceptors (Lipinski definition) is 21. The molecule has 0 atom stereocenters. The second-order valence-corrected chi connectivity index (χ2v) is 28.2. The minimum atomic E-state index is 0.713. The fraction of sp³-hybridized carbons (Fsp3) is 0.0306. The first kappa shape index (κ1) is 87.9. The van der Waals surface area contributed by atoms with E-state index in [2.05, 4.69) is 182 Å². The topological polar surface area (TPSA) is 394 Å². The molecule has 1 aliphatic heterocycles. The van der Waals surface area contributed by atoms with Gasteiger partial charge in [0.2, 0.25) is 0 Å². The number of aryl methyl sites for hydroxylation is 2. The third-order valence-corrected chi connectivity index (χ3v) is 19.4. The van der Waals surface area contributed by atoms with Crippen LogP contribution in [0.3, 0.4) is 0 Å². The Morgan fingerprint density at radius 1 is 0.284 bits per heavy atom. The molecule has 36 nitrogen and oxygen atoms in total. The van der Waals surface area contributed by atoms with E-state index >= 15 is 0 Å². The second-order valence-electron chi connectivity index (χ2n) is 28.2. The molecule has 29 aromatic rings. The van der Waals surface area contributed by atoms with Crippen LogP contribution in [-0.2, 0) is 13.0 Å². The Labute approximate surface area is 762 Å². The van der Waals surface area contributed by atoms with Gasteiger partial charge in [-0.1, -0.05) is 60.7 Å². The highest BCUT2D eigenvalue weighted by Crippen LogP contribution is 2.15. The van der Waals surface area contributed by atoms with E-state index in [0.29, 0.717) is 5.65 Å². The second kappa shape index (κ2) is 47.1. The lowest BCUT2D eigenvalue weighted by molar-refractivity contribution is 0.750. The predicted octanol–water partition coefficient (Wildman–Crippen LogP) is 17.0. The quantitative estimate of drug-likeness (QED) is 0.0941. The summed E-state index contributed by atoms with van der Waals surface area (Å²) in [6.07, 6.45) is 73.1. The van der Waals surface area contributed by atoms with Gasteiger partial charge in [0, 0.05) is 178 Å². The summed E-state index contributed by atoms with van der Waals surface area (Å²) in [6.45, 7) is 1.24. The van der Waals surface area contributed by atoms with Crippen LogP contribution in [0, 0.1) is 0 Å². The van der Waals surface area contributed by atoms with Gasteiger partial charge in [-0.05, 0) is 181 Å². The molecule has 0 fully saturated rings. The highest BCUT2D eigenvalue weighted by molar-refractivity contribution is 5.81. The van der Waals surface area contributed by atoms with Gasteiger partial charge in [-0.2, -0.15) is 20.4 Å². The molecule has 0 aliphatic carbocycles. The van der Waals surface area contributed by atoms with E-state index in [4.69, 9.17) is 0 Å². The molecule has 36 heteroatoms. The average Bonchev–Trinajstić information content (AvgIpc) is 1.72. The molecule has 1 aromatic carbocycles. The van der Waals surface area contributed by atoms with Crippen molar-refractivity contribution in [1.29, 1.82) is 0 Å². The molecule has 0 saturated heterocycles. The minimum Gasteiger partial charge on any atom is -0.366 e. The number of nitrogens with one attached hydrogen (secondary N) is 5. The number of pyridine rings is 9. The lowest BCUT2D eigenvalue weighted by Gasteiger charge is -1.90. The Kier molecular flexibility index (Phi) is 30.9. The van der Waals surface area contributed by atoms with E-state index in [1.807, 2.05) is 306 Å². The van der Waals surface area contributed by atoms with Crippen molar-refractivity contribution in [3.05, 3.63) is 467 Å². The summed E-state index contributed by atoms with van der Waals surface area (Å²) in [5.74, 6) is 0. The van der Waals surface area contributed by atoms with Gasteiger partial charge in [0.1, 0.15) is 42.1 Å². The Balaban J connectivity index is 0.000000104. The number of imidazole rings is 7. The third kappa shape index (κ3) is 25.4. The number of fused-ring (bicyclic) bond motifs is 15.